The van der Waals surface area contributed by atoms with Crippen LogP contribution in [0.1, 0.15) is 12.8 Å². The van der Waals surface area contributed by atoms with Crippen LogP contribution in [-0.2, 0) is 19.6 Å². The highest BCUT2D eigenvalue weighted by atomic mass is 35.5. The molecule has 18 heavy (non-hydrogen) atoms. The number of halogens is 1. The molecule has 0 radical (unpaired) electrons. The molecule has 0 spiro atoms. The fraction of sp³-hybridized carbons (Fsp3) is 0.300. The number of nitrogens with one attached hydrogen (secondary N) is 1. The number of ether oxygens (including phenoxy) is 1. The lowest BCUT2D eigenvalue weighted by Gasteiger charge is -2.13. The topological polar surface area (TPSA) is 72.5 Å². The molecule has 2 heterocycles. The second kappa shape index (κ2) is 5.29. The minimum absolute atomic E-state index is 0.0122. The van der Waals surface area contributed by atoms with Crippen molar-refractivity contribution in [1.82, 2.24) is 4.72 Å². The van der Waals surface area contributed by atoms with Crippen LogP contribution in [0, 0.1) is 0 Å². The van der Waals surface area contributed by atoms with Gasteiger partial charge in [0.2, 0.25) is 0 Å². The minimum atomic E-state index is -3.85. The van der Waals surface area contributed by atoms with Gasteiger partial charge in [0.1, 0.15) is 4.21 Å². The van der Waals surface area contributed by atoms with Gasteiger partial charge in [0.05, 0.1) is 22.8 Å². The lowest BCUT2D eigenvalue weighted by Crippen LogP contribution is -2.32. The van der Waals surface area contributed by atoms with Gasteiger partial charge in [0.15, 0.2) is 0 Å². The summed E-state index contributed by atoms with van der Waals surface area (Å²) in [6.45, 7) is 0.546. The molecule has 1 amide bonds. The van der Waals surface area contributed by atoms with Crippen LogP contribution in [0.3, 0.4) is 0 Å². The molecule has 1 N–H and O–H groups in total. The fourth-order valence-corrected chi connectivity index (χ4v) is 3.88. The molecule has 0 atom stereocenters. The molecular weight excluding hydrogens is 298 g/mol. The summed E-state index contributed by atoms with van der Waals surface area (Å²) in [5.74, 6) is -0.653. The number of thiophene rings is 1. The Morgan fingerprint density at radius 3 is 2.78 bits per heavy atom. The maximum Gasteiger partial charge on any atom is 0.273 e. The first kappa shape index (κ1) is 13.4. The molecule has 0 aromatic carbocycles. The van der Waals surface area contributed by atoms with Crippen molar-refractivity contribution in [2.24, 2.45) is 0 Å². The Balaban J connectivity index is 2.13. The van der Waals surface area contributed by atoms with Gasteiger partial charge in [0.25, 0.3) is 15.9 Å². The van der Waals surface area contributed by atoms with E-state index in [2.05, 4.69) is 0 Å². The fourth-order valence-electron chi connectivity index (χ4n) is 1.41. The molecule has 0 bridgehead atoms. The molecule has 1 aliphatic rings. The van der Waals surface area contributed by atoms with Gasteiger partial charge in [-0.05, 0) is 25.0 Å². The second-order valence-corrected chi connectivity index (χ2v) is 7.23. The molecule has 0 unspecified atom stereocenters. The van der Waals surface area contributed by atoms with E-state index in [1.165, 1.54) is 18.4 Å². The molecule has 0 saturated carbocycles. The van der Waals surface area contributed by atoms with Crippen molar-refractivity contribution in [2.75, 3.05) is 6.61 Å². The molecule has 2 rings (SSSR count). The van der Waals surface area contributed by atoms with E-state index < -0.39 is 15.9 Å². The van der Waals surface area contributed by atoms with Crippen LogP contribution >= 0.6 is 22.9 Å². The van der Waals surface area contributed by atoms with Gasteiger partial charge in [0, 0.05) is 0 Å². The summed E-state index contributed by atoms with van der Waals surface area (Å²) in [7, 11) is -3.85. The van der Waals surface area contributed by atoms with Gasteiger partial charge < -0.3 is 4.74 Å². The Hall–Kier alpha value is -1.05. The van der Waals surface area contributed by atoms with E-state index in [0.717, 1.165) is 11.3 Å². The maximum absolute atomic E-state index is 11.9. The Labute approximate surface area is 113 Å². The third-order valence-electron chi connectivity index (χ3n) is 2.27. The average Bonchev–Trinajstić information content (AvgIpc) is 2.77. The van der Waals surface area contributed by atoms with Crippen LogP contribution in [-0.4, -0.2) is 20.9 Å². The van der Waals surface area contributed by atoms with Crippen molar-refractivity contribution in [1.29, 1.82) is 0 Å². The summed E-state index contributed by atoms with van der Waals surface area (Å²) in [5.41, 5.74) is 0.326. The summed E-state index contributed by atoms with van der Waals surface area (Å²) in [4.78, 5) is 11.7. The lowest BCUT2D eigenvalue weighted by atomic mass is 10.1. The van der Waals surface area contributed by atoms with E-state index in [9.17, 15) is 13.2 Å². The number of carbonyl (C=O) groups is 1. The van der Waals surface area contributed by atoms with E-state index >= 15 is 0 Å². The van der Waals surface area contributed by atoms with E-state index in [1.807, 2.05) is 4.72 Å². The predicted octanol–water partition coefficient (Wildman–Crippen LogP) is 1.90. The summed E-state index contributed by atoms with van der Waals surface area (Å²) >= 11 is 6.56. The molecule has 8 heteroatoms. The monoisotopic (exact) mass is 307 g/mol. The molecular formula is C10H10ClNO4S2. The zero-order valence-corrected chi connectivity index (χ0v) is 11.6. The van der Waals surface area contributed by atoms with Gasteiger partial charge in [-0.3, -0.25) is 4.79 Å². The molecule has 0 saturated heterocycles. The van der Waals surface area contributed by atoms with E-state index in [-0.39, 0.29) is 4.21 Å². The number of hydrogen-bond acceptors (Lipinski definition) is 5. The molecule has 1 aromatic rings. The predicted molar refractivity (Wildman–Crippen MR) is 67.9 cm³/mol. The third kappa shape index (κ3) is 3.04. The largest absolute Gasteiger partial charge is 0.501 e. The smallest absolute Gasteiger partial charge is 0.273 e. The van der Waals surface area contributed by atoms with Crippen LogP contribution in [0.15, 0.2) is 28.2 Å². The first-order chi connectivity index (χ1) is 8.49. The summed E-state index contributed by atoms with van der Waals surface area (Å²) in [6.07, 6.45) is 2.51. The number of hydrogen-bond donors (Lipinski definition) is 1. The molecule has 0 fully saturated rings. The Morgan fingerprint density at radius 2 is 2.22 bits per heavy atom. The van der Waals surface area contributed by atoms with Gasteiger partial charge in [-0.25, -0.2) is 13.1 Å². The van der Waals surface area contributed by atoms with Crippen LogP contribution in [0.4, 0.5) is 0 Å². The third-order valence-corrected chi connectivity index (χ3v) is 5.32. The quantitative estimate of drug-likeness (QED) is 0.925. The molecule has 1 aliphatic heterocycles. The van der Waals surface area contributed by atoms with Gasteiger partial charge in [-0.1, -0.05) is 11.6 Å². The van der Waals surface area contributed by atoms with E-state index in [1.54, 1.807) is 0 Å². The number of carbonyl (C=O) groups excluding carboxylic acids is 1. The van der Waals surface area contributed by atoms with Crippen molar-refractivity contribution >= 4 is 38.9 Å². The van der Waals surface area contributed by atoms with Gasteiger partial charge in [-0.2, -0.15) is 0 Å². The van der Waals surface area contributed by atoms with Crippen molar-refractivity contribution in [3.05, 3.63) is 28.3 Å². The molecule has 5 nitrogen and oxygen atoms in total. The van der Waals surface area contributed by atoms with Gasteiger partial charge >= 0.3 is 0 Å². The van der Waals surface area contributed by atoms with Crippen molar-refractivity contribution in [2.45, 2.75) is 17.1 Å². The van der Waals surface area contributed by atoms with Crippen molar-refractivity contribution in [3.63, 3.8) is 0 Å². The Bertz CT molecular complexity index is 591. The first-order valence-electron chi connectivity index (χ1n) is 5.12. The van der Waals surface area contributed by atoms with Crippen LogP contribution < -0.4 is 4.72 Å². The highest BCUT2D eigenvalue weighted by Crippen LogP contribution is 2.25. The first-order valence-corrected chi connectivity index (χ1v) is 7.80. The summed E-state index contributed by atoms with van der Waals surface area (Å²) < 4.78 is 31.0. The highest BCUT2D eigenvalue weighted by Gasteiger charge is 2.22. The number of amides is 1. The van der Waals surface area contributed by atoms with E-state index in [4.69, 9.17) is 16.3 Å². The maximum atomic E-state index is 11.9. The van der Waals surface area contributed by atoms with Crippen LogP contribution in [0.25, 0.3) is 0 Å². The minimum Gasteiger partial charge on any atom is -0.501 e. The lowest BCUT2D eigenvalue weighted by molar-refractivity contribution is -0.116. The zero-order chi connectivity index (χ0) is 13.2. The summed E-state index contributed by atoms with van der Waals surface area (Å²) in [6, 6.07) is 2.82. The molecule has 98 valence electrons. The van der Waals surface area contributed by atoms with Crippen molar-refractivity contribution in [3.8, 4) is 0 Å². The van der Waals surface area contributed by atoms with Crippen LogP contribution in [0.5, 0.6) is 0 Å². The highest BCUT2D eigenvalue weighted by molar-refractivity contribution is 7.92. The SMILES string of the molecule is O=C(NS(=O)(=O)c1ccc(Cl)s1)C1=COCCC1. The standard InChI is InChI=1S/C10H10ClNO4S2/c11-8-3-4-9(17-8)18(14,15)12-10(13)7-2-1-5-16-6-7/h3-4,6H,1-2,5H2,(H,12,13). The Kier molecular flexibility index (Phi) is 3.94. The molecule has 1 aromatic heterocycles. The van der Waals surface area contributed by atoms with Crippen molar-refractivity contribution < 1.29 is 17.9 Å². The Morgan fingerprint density at radius 1 is 1.44 bits per heavy atom. The summed E-state index contributed by atoms with van der Waals surface area (Å²) in [5, 5.41) is 0. The zero-order valence-electron chi connectivity index (χ0n) is 9.18. The molecule has 0 aliphatic carbocycles. The average molecular weight is 308 g/mol. The van der Waals surface area contributed by atoms with E-state index in [0.29, 0.717) is 29.4 Å². The van der Waals surface area contributed by atoms with Gasteiger partial charge in [-0.15, -0.1) is 11.3 Å². The second-order valence-electron chi connectivity index (χ2n) is 3.61. The number of rotatable bonds is 3. The number of sulfonamides is 1. The normalized spacial score (nSPS) is 15.7. The van der Waals surface area contributed by atoms with Crippen LogP contribution in [0.2, 0.25) is 4.34 Å².